The number of rotatable bonds is 2. The molecule has 2 aliphatic rings. The lowest BCUT2D eigenvalue weighted by Crippen LogP contribution is -2.49. The van der Waals surface area contributed by atoms with E-state index in [9.17, 15) is 0 Å². The Balaban J connectivity index is 1.60. The summed E-state index contributed by atoms with van der Waals surface area (Å²) in [5.41, 5.74) is 0. The maximum Gasteiger partial charge on any atom is 0.254 e. The molecule has 1 unspecified atom stereocenters. The maximum atomic E-state index is 4.74. The van der Waals surface area contributed by atoms with Crippen molar-refractivity contribution in [3.63, 3.8) is 0 Å². The van der Waals surface area contributed by atoms with Crippen molar-refractivity contribution in [2.45, 2.75) is 51.0 Å². The van der Waals surface area contributed by atoms with Gasteiger partial charge in [0.1, 0.15) is 5.82 Å². The number of nitrogens with zero attached hydrogens (tertiary/aromatic N) is 5. The van der Waals surface area contributed by atoms with Crippen LogP contribution in [0.25, 0.3) is 5.78 Å². The third kappa shape index (κ3) is 2.67. The van der Waals surface area contributed by atoms with E-state index in [2.05, 4.69) is 28.3 Å². The molecule has 2 fully saturated rings. The highest BCUT2D eigenvalue weighted by atomic mass is 15.3. The Labute approximate surface area is 130 Å². The predicted octanol–water partition coefficient (Wildman–Crippen LogP) is 1.97. The zero-order valence-corrected chi connectivity index (χ0v) is 13.2. The Hall–Kier alpha value is -1.69. The van der Waals surface area contributed by atoms with E-state index in [1.807, 2.05) is 10.7 Å². The van der Waals surface area contributed by atoms with E-state index >= 15 is 0 Å². The Morgan fingerprint density at radius 2 is 2.05 bits per heavy atom. The summed E-state index contributed by atoms with van der Waals surface area (Å²) < 4.78 is 1.83. The Morgan fingerprint density at radius 1 is 1.18 bits per heavy atom. The van der Waals surface area contributed by atoms with Gasteiger partial charge in [0.05, 0.1) is 0 Å². The Morgan fingerprint density at radius 3 is 2.86 bits per heavy atom. The fraction of sp³-hybridized carbons (Fsp3) is 0.688. The number of aromatic nitrogens is 4. The first-order valence-corrected chi connectivity index (χ1v) is 8.51. The van der Waals surface area contributed by atoms with Crippen molar-refractivity contribution in [3.8, 4) is 0 Å². The SMILES string of the molecule is CC1CN(c2ccn3nc(C4CCCCC4)nc3n2)CCN1. The number of nitrogens with one attached hydrogen (secondary N) is 1. The molecule has 6 heteroatoms. The molecule has 0 aromatic carbocycles. The van der Waals surface area contributed by atoms with E-state index in [0.717, 1.165) is 37.1 Å². The van der Waals surface area contributed by atoms with Crippen LogP contribution >= 0.6 is 0 Å². The molecular weight excluding hydrogens is 276 g/mol. The molecule has 22 heavy (non-hydrogen) atoms. The molecule has 1 aliphatic heterocycles. The highest BCUT2D eigenvalue weighted by Crippen LogP contribution is 2.30. The number of piperazine rings is 1. The van der Waals surface area contributed by atoms with Crippen molar-refractivity contribution in [2.75, 3.05) is 24.5 Å². The van der Waals surface area contributed by atoms with Crippen LogP contribution in [0, 0.1) is 0 Å². The number of anilines is 1. The average Bonchev–Trinajstić information content (AvgIpc) is 2.99. The van der Waals surface area contributed by atoms with E-state index in [4.69, 9.17) is 9.97 Å². The van der Waals surface area contributed by atoms with Gasteiger partial charge in [-0.1, -0.05) is 19.3 Å². The van der Waals surface area contributed by atoms with Crippen LogP contribution in [0.2, 0.25) is 0 Å². The lowest BCUT2D eigenvalue weighted by Gasteiger charge is -2.32. The van der Waals surface area contributed by atoms with Gasteiger partial charge < -0.3 is 10.2 Å². The molecule has 0 amide bonds. The molecule has 1 atom stereocenters. The van der Waals surface area contributed by atoms with Gasteiger partial charge in [0.2, 0.25) is 0 Å². The zero-order valence-electron chi connectivity index (χ0n) is 13.2. The number of hydrogen-bond donors (Lipinski definition) is 1. The predicted molar refractivity (Wildman–Crippen MR) is 86.3 cm³/mol. The van der Waals surface area contributed by atoms with E-state index in [1.54, 1.807) is 0 Å². The summed E-state index contributed by atoms with van der Waals surface area (Å²) >= 11 is 0. The van der Waals surface area contributed by atoms with Gasteiger partial charge in [-0.05, 0) is 25.8 Å². The lowest BCUT2D eigenvalue weighted by molar-refractivity contribution is 0.429. The largest absolute Gasteiger partial charge is 0.354 e. The normalized spacial score (nSPS) is 24.0. The topological polar surface area (TPSA) is 58.4 Å². The monoisotopic (exact) mass is 300 g/mol. The summed E-state index contributed by atoms with van der Waals surface area (Å²) in [7, 11) is 0. The highest BCUT2D eigenvalue weighted by molar-refractivity contribution is 5.44. The van der Waals surface area contributed by atoms with Gasteiger partial charge in [-0.2, -0.15) is 9.97 Å². The fourth-order valence-electron chi connectivity index (χ4n) is 3.63. The Kier molecular flexibility index (Phi) is 3.70. The van der Waals surface area contributed by atoms with Crippen molar-refractivity contribution in [3.05, 3.63) is 18.1 Å². The molecule has 4 rings (SSSR count). The molecule has 1 saturated heterocycles. The maximum absolute atomic E-state index is 4.74. The second kappa shape index (κ2) is 5.83. The van der Waals surface area contributed by atoms with Crippen LogP contribution in [0.1, 0.15) is 50.8 Å². The average molecular weight is 300 g/mol. The van der Waals surface area contributed by atoms with Crippen LogP contribution in [0.15, 0.2) is 12.3 Å². The minimum absolute atomic E-state index is 0.502. The zero-order chi connectivity index (χ0) is 14.9. The summed E-state index contributed by atoms with van der Waals surface area (Å²) in [6, 6.07) is 2.56. The van der Waals surface area contributed by atoms with E-state index in [0.29, 0.717) is 12.0 Å². The molecule has 2 aromatic heterocycles. The molecule has 118 valence electrons. The molecule has 0 radical (unpaired) electrons. The third-order valence-corrected chi connectivity index (χ3v) is 4.87. The van der Waals surface area contributed by atoms with Gasteiger partial charge in [-0.15, -0.1) is 5.10 Å². The molecular formula is C16H24N6. The van der Waals surface area contributed by atoms with Gasteiger partial charge in [0.15, 0.2) is 5.82 Å². The second-order valence-corrected chi connectivity index (χ2v) is 6.64. The summed E-state index contributed by atoms with van der Waals surface area (Å²) in [5.74, 6) is 3.27. The van der Waals surface area contributed by atoms with Crippen LogP contribution in [0.3, 0.4) is 0 Å². The van der Waals surface area contributed by atoms with Crippen LogP contribution in [-0.4, -0.2) is 45.3 Å². The van der Waals surface area contributed by atoms with Crippen LogP contribution in [0.4, 0.5) is 5.82 Å². The van der Waals surface area contributed by atoms with E-state index < -0.39 is 0 Å². The minimum atomic E-state index is 0.502. The minimum Gasteiger partial charge on any atom is -0.354 e. The summed E-state index contributed by atoms with van der Waals surface area (Å²) in [6.07, 6.45) is 8.41. The summed E-state index contributed by atoms with van der Waals surface area (Å²) in [5, 5.41) is 8.11. The molecule has 1 N–H and O–H groups in total. The van der Waals surface area contributed by atoms with Crippen molar-refractivity contribution in [2.24, 2.45) is 0 Å². The van der Waals surface area contributed by atoms with Crippen molar-refractivity contribution in [1.29, 1.82) is 0 Å². The van der Waals surface area contributed by atoms with Gasteiger partial charge >= 0.3 is 0 Å². The quantitative estimate of drug-likeness (QED) is 0.919. The lowest BCUT2D eigenvalue weighted by atomic mass is 9.89. The first kappa shape index (κ1) is 13.9. The van der Waals surface area contributed by atoms with Gasteiger partial charge in [-0.25, -0.2) is 4.52 Å². The van der Waals surface area contributed by atoms with Gasteiger partial charge in [0, 0.05) is 37.8 Å². The standard InChI is InChI=1S/C16H24N6/c1-12-11-21(10-8-17-12)14-7-9-22-16(18-14)19-15(20-22)13-5-3-2-4-6-13/h7,9,12-13,17H,2-6,8,10-11H2,1H3. The first-order chi connectivity index (χ1) is 10.8. The number of fused-ring (bicyclic) bond motifs is 1. The van der Waals surface area contributed by atoms with Crippen LogP contribution < -0.4 is 10.2 Å². The molecule has 2 aromatic rings. The van der Waals surface area contributed by atoms with Crippen molar-refractivity contribution < 1.29 is 0 Å². The molecule has 6 nitrogen and oxygen atoms in total. The van der Waals surface area contributed by atoms with Gasteiger partial charge in [0.25, 0.3) is 5.78 Å². The van der Waals surface area contributed by atoms with Crippen molar-refractivity contribution >= 4 is 11.6 Å². The molecule has 1 saturated carbocycles. The fourth-order valence-corrected chi connectivity index (χ4v) is 3.63. The van der Waals surface area contributed by atoms with E-state index in [-0.39, 0.29) is 0 Å². The molecule has 0 bridgehead atoms. The number of hydrogen-bond acceptors (Lipinski definition) is 5. The van der Waals surface area contributed by atoms with Crippen LogP contribution in [-0.2, 0) is 0 Å². The molecule has 0 spiro atoms. The second-order valence-electron chi connectivity index (χ2n) is 6.64. The third-order valence-electron chi connectivity index (χ3n) is 4.87. The summed E-state index contributed by atoms with van der Waals surface area (Å²) in [4.78, 5) is 11.8. The highest BCUT2D eigenvalue weighted by Gasteiger charge is 2.21. The first-order valence-electron chi connectivity index (χ1n) is 8.51. The smallest absolute Gasteiger partial charge is 0.254 e. The summed E-state index contributed by atoms with van der Waals surface area (Å²) in [6.45, 7) is 5.21. The van der Waals surface area contributed by atoms with E-state index in [1.165, 1.54) is 32.1 Å². The van der Waals surface area contributed by atoms with Gasteiger partial charge in [-0.3, -0.25) is 0 Å². The molecule has 3 heterocycles. The Bertz CT molecular complexity index is 645. The van der Waals surface area contributed by atoms with Crippen molar-refractivity contribution in [1.82, 2.24) is 24.9 Å². The molecule has 1 aliphatic carbocycles. The van der Waals surface area contributed by atoms with Crippen LogP contribution in [0.5, 0.6) is 0 Å².